The first kappa shape index (κ1) is 21.7. The number of rotatable bonds is 4. The van der Waals surface area contributed by atoms with Crippen LogP contribution >= 0.6 is 23.8 Å². The molecular weight excluding hydrogens is 450 g/mol. The Balaban J connectivity index is 1.61. The van der Waals surface area contributed by atoms with Crippen LogP contribution in [0.15, 0.2) is 77.3 Å². The van der Waals surface area contributed by atoms with E-state index in [2.05, 4.69) is 47.2 Å². The molecule has 0 bridgehead atoms. The molecule has 0 aliphatic carbocycles. The van der Waals surface area contributed by atoms with Crippen LogP contribution in [-0.4, -0.2) is 10.1 Å². The van der Waals surface area contributed by atoms with Crippen molar-refractivity contribution in [3.8, 4) is 11.3 Å². The molecular formula is C27H24ClN3OS. The molecule has 0 radical (unpaired) electrons. The monoisotopic (exact) mass is 473 g/mol. The standard InChI is InChI=1S/C27H24ClN3OS/c1-16-12-17(2)14-20(13-16)31-26(25(30-27(31)33)22-6-4-5-11-29-22)24-10-9-23(32-24)19-8-7-18(3)21(28)15-19/h4-15,25-26H,1-3H3,(H,30,33)/t25-,26-/m1/s1. The Hall–Kier alpha value is -3.15. The van der Waals surface area contributed by atoms with E-state index in [-0.39, 0.29) is 12.1 Å². The lowest BCUT2D eigenvalue weighted by molar-refractivity contribution is 0.439. The second-order valence-electron chi connectivity index (χ2n) is 8.51. The molecule has 0 amide bonds. The van der Waals surface area contributed by atoms with Crippen LogP contribution in [0.1, 0.15) is 40.2 Å². The van der Waals surface area contributed by atoms with Crippen molar-refractivity contribution in [3.05, 3.63) is 106 Å². The number of aromatic nitrogens is 1. The van der Waals surface area contributed by atoms with Crippen molar-refractivity contribution in [2.45, 2.75) is 32.9 Å². The van der Waals surface area contributed by atoms with E-state index in [4.69, 9.17) is 28.2 Å². The minimum Gasteiger partial charge on any atom is -0.459 e. The number of nitrogens with one attached hydrogen (secondary N) is 1. The Labute approximate surface area is 204 Å². The van der Waals surface area contributed by atoms with Crippen LogP contribution in [0.25, 0.3) is 11.3 Å². The molecule has 1 aliphatic heterocycles. The fourth-order valence-electron chi connectivity index (χ4n) is 4.42. The van der Waals surface area contributed by atoms with Crippen molar-refractivity contribution in [2.75, 3.05) is 4.90 Å². The minimum atomic E-state index is -0.191. The van der Waals surface area contributed by atoms with Gasteiger partial charge in [-0.2, -0.15) is 0 Å². The van der Waals surface area contributed by atoms with Crippen molar-refractivity contribution in [1.29, 1.82) is 0 Å². The molecule has 1 fully saturated rings. The number of aryl methyl sites for hydroxylation is 3. The molecule has 4 aromatic rings. The van der Waals surface area contributed by atoms with E-state index < -0.39 is 0 Å². The summed E-state index contributed by atoms with van der Waals surface area (Å²) in [4.78, 5) is 6.75. The van der Waals surface area contributed by atoms with E-state index in [0.29, 0.717) is 5.11 Å². The highest BCUT2D eigenvalue weighted by atomic mass is 35.5. The molecule has 1 N–H and O–H groups in total. The smallest absolute Gasteiger partial charge is 0.174 e. The summed E-state index contributed by atoms with van der Waals surface area (Å²) < 4.78 is 6.43. The van der Waals surface area contributed by atoms with Gasteiger partial charge in [-0.05, 0) is 92.1 Å². The largest absolute Gasteiger partial charge is 0.459 e. The first-order chi connectivity index (χ1) is 15.9. The molecule has 1 saturated heterocycles. The lowest BCUT2D eigenvalue weighted by Crippen LogP contribution is -2.29. The summed E-state index contributed by atoms with van der Waals surface area (Å²) in [5.74, 6) is 1.58. The van der Waals surface area contributed by atoms with Gasteiger partial charge in [-0.3, -0.25) is 4.98 Å². The zero-order valence-corrected chi connectivity index (χ0v) is 20.2. The van der Waals surface area contributed by atoms with Gasteiger partial charge in [-0.25, -0.2) is 0 Å². The summed E-state index contributed by atoms with van der Waals surface area (Å²) in [6.45, 7) is 6.19. The maximum Gasteiger partial charge on any atom is 0.174 e. The van der Waals surface area contributed by atoms with E-state index in [1.807, 2.05) is 55.5 Å². The number of hydrogen-bond donors (Lipinski definition) is 1. The third-order valence-electron chi connectivity index (χ3n) is 5.96. The van der Waals surface area contributed by atoms with Gasteiger partial charge < -0.3 is 14.6 Å². The molecule has 2 atom stereocenters. The van der Waals surface area contributed by atoms with E-state index in [1.165, 1.54) is 11.1 Å². The summed E-state index contributed by atoms with van der Waals surface area (Å²) in [6.07, 6.45) is 1.80. The number of nitrogens with zero attached hydrogens (tertiary/aromatic N) is 2. The highest BCUT2D eigenvalue weighted by Crippen LogP contribution is 2.43. The van der Waals surface area contributed by atoms with Crippen LogP contribution in [0.2, 0.25) is 5.02 Å². The molecule has 0 saturated carbocycles. The van der Waals surface area contributed by atoms with Gasteiger partial charge in [0, 0.05) is 22.5 Å². The number of furan rings is 1. The van der Waals surface area contributed by atoms with E-state index in [1.54, 1.807) is 6.20 Å². The maximum atomic E-state index is 6.43. The zero-order chi connectivity index (χ0) is 23.1. The van der Waals surface area contributed by atoms with Gasteiger partial charge in [0.25, 0.3) is 0 Å². The zero-order valence-electron chi connectivity index (χ0n) is 18.7. The average Bonchev–Trinajstić information content (AvgIpc) is 3.40. The second kappa shape index (κ2) is 8.65. The molecule has 5 rings (SSSR count). The number of anilines is 1. The Kier molecular flexibility index (Phi) is 5.69. The van der Waals surface area contributed by atoms with Crippen molar-refractivity contribution in [2.24, 2.45) is 0 Å². The molecule has 2 aromatic carbocycles. The second-order valence-corrected chi connectivity index (χ2v) is 9.30. The van der Waals surface area contributed by atoms with Gasteiger partial charge in [0.15, 0.2) is 5.11 Å². The van der Waals surface area contributed by atoms with Crippen molar-refractivity contribution >= 4 is 34.6 Å². The summed E-state index contributed by atoms with van der Waals surface area (Å²) in [5.41, 5.74) is 6.29. The molecule has 166 valence electrons. The van der Waals surface area contributed by atoms with Crippen LogP contribution in [0, 0.1) is 20.8 Å². The summed E-state index contributed by atoms with van der Waals surface area (Å²) in [5, 5.41) is 4.86. The van der Waals surface area contributed by atoms with E-state index in [0.717, 1.165) is 39.1 Å². The van der Waals surface area contributed by atoms with Gasteiger partial charge in [-0.15, -0.1) is 0 Å². The lowest BCUT2D eigenvalue weighted by atomic mass is 10.0. The Morgan fingerprint density at radius 2 is 1.76 bits per heavy atom. The molecule has 3 heterocycles. The van der Waals surface area contributed by atoms with Crippen LogP contribution in [0.4, 0.5) is 5.69 Å². The van der Waals surface area contributed by atoms with Crippen molar-refractivity contribution < 1.29 is 4.42 Å². The van der Waals surface area contributed by atoms with Gasteiger partial charge in [0.2, 0.25) is 0 Å². The third kappa shape index (κ3) is 4.14. The maximum absolute atomic E-state index is 6.43. The number of benzene rings is 2. The minimum absolute atomic E-state index is 0.153. The molecule has 33 heavy (non-hydrogen) atoms. The molecule has 0 unspecified atom stereocenters. The average molecular weight is 474 g/mol. The highest BCUT2D eigenvalue weighted by Gasteiger charge is 2.42. The van der Waals surface area contributed by atoms with Crippen LogP contribution in [0.3, 0.4) is 0 Å². The van der Waals surface area contributed by atoms with Gasteiger partial charge in [-0.1, -0.05) is 35.9 Å². The Morgan fingerprint density at radius 1 is 0.970 bits per heavy atom. The lowest BCUT2D eigenvalue weighted by Gasteiger charge is -2.26. The molecule has 1 aliphatic rings. The Morgan fingerprint density at radius 3 is 2.45 bits per heavy atom. The number of halogens is 1. The predicted molar refractivity (Wildman–Crippen MR) is 138 cm³/mol. The SMILES string of the molecule is Cc1cc(C)cc(N2C(=S)N[C@H](c3ccccn3)[C@H]2c2ccc(-c3ccc(C)c(Cl)c3)o2)c1. The van der Waals surface area contributed by atoms with Gasteiger partial charge >= 0.3 is 0 Å². The normalized spacial score (nSPS) is 17.9. The van der Waals surface area contributed by atoms with E-state index >= 15 is 0 Å². The quantitative estimate of drug-likeness (QED) is 0.320. The number of thiocarbonyl (C=S) groups is 1. The number of pyridine rings is 1. The summed E-state index contributed by atoms with van der Waals surface area (Å²) in [6, 6.07) is 22.0. The molecule has 0 spiro atoms. The predicted octanol–water partition coefficient (Wildman–Crippen LogP) is 7.10. The number of hydrogen-bond acceptors (Lipinski definition) is 3. The molecule has 2 aromatic heterocycles. The summed E-state index contributed by atoms with van der Waals surface area (Å²) >= 11 is 12.2. The third-order valence-corrected chi connectivity index (χ3v) is 6.68. The topological polar surface area (TPSA) is 41.3 Å². The molecule has 4 nitrogen and oxygen atoms in total. The first-order valence-electron chi connectivity index (χ1n) is 10.9. The van der Waals surface area contributed by atoms with Crippen molar-refractivity contribution in [1.82, 2.24) is 10.3 Å². The van der Waals surface area contributed by atoms with Crippen LogP contribution in [-0.2, 0) is 0 Å². The van der Waals surface area contributed by atoms with Gasteiger partial charge in [0.1, 0.15) is 17.6 Å². The van der Waals surface area contributed by atoms with Gasteiger partial charge in [0.05, 0.1) is 11.7 Å². The highest BCUT2D eigenvalue weighted by molar-refractivity contribution is 7.80. The first-order valence-corrected chi connectivity index (χ1v) is 11.6. The molecule has 6 heteroatoms. The fourth-order valence-corrected chi connectivity index (χ4v) is 4.95. The fraction of sp³-hybridized carbons (Fsp3) is 0.185. The van der Waals surface area contributed by atoms with Crippen molar-refractivity contribution in [3.63, 3.8) is 0 Å². The van der Waals surface area contributed by atoms with Crippen LogP contribution in [0.5, 0.6) is 0 Å². The van der Waals surface area contributed by atoms with Crippen LogP contribution < -0.4 is 10.2 Å². The summed E-state index contributed by atoms with van der Waals surface area (Å²) in [7, 11) is 0. The Bertz CT molecular complexity index is 1310. The van der Waals surface area contributed by atoms with E-state index in [9.17, 15) is 0 Å².